The number of hydrogen-bond donors (Lipinski definition) is 0. The quantitative estimate of drug-likeness (QED) is 0.784. The molecule has 1 heterocycles. The molecule has 1 saturated heterocycles. The highest BCUT2D eigenvalue weighted by Crippen LogP contribution is 2.18. The molecule has 0 N–H and O–H groups in total. The van der Waals surface area contributed by atoms with E-state index in [4.69, 9.17) is 18.9 Å². The van der Waals surface area contributed by atoms with Gasteiger partial charge in [-0.05, 0) is 38.1 Å². The highest BCUT2D eigenvalue weighted by Gasteiger charge is 2.34. The third kappa shape index (κ3) is 4.47. The van der Waals surface area contributed by atoms with Crippen molar-refractivity contribution in [2.75, 3.05) is 13.2 Å². The van der Waals surface area contributed by atoms with Gasteiger partial charge in [-0.15, -0.1) is 0 Å². The van der Waals surface area contributed by atoms with Crippen LogP contribution < -0.4 is 0 Å². The number of carbonyl (C=O) groups is 2. The number of benzene rings is 2. The molecule has 1 aliphatic rings. The monoisotopic (exact) mass is 356 g/mol. The Hall–Kier alpha value is -2.70. The van der Waals surface area contributed by atoms with Crippen LogP contribution in [0.3, 0.4) is 0 Å². The molecule has 2 aromatic rings. The fourth-order valence-electron chi connectivity index (χ4n) is 2.39. The number of hydrogen-bond acceptors (Lipinski definition) is 6. The molecule has 2 aromatic carbocycles. The van der Waals surface area contributed by atoms with E-state index in [1.54, 1.807) is 24.3 Å². The zero-order chi connectivity index (χ0) is 18.5. The molecule has 136 valence electrons. The Labute approximate surface area is 151 Å². The van der Waals surface area contributed by atoms with Crippen LogP contribution in [0.1, 0.15) is 31.8 Å². The normalized spacial score (nSPS) is 19.6. The van der Waals surface area contributed by atoms with E-state index in [-0.39, 0.29) is 13.2 Å². The standard InChI is InChI=1S/C20H20O6/c1-13-3-7-15(8-4-13)17(21)25-19-20(24-12-11-23-19)26-18(22)16-9-5-14(2)6-10-16/h3-10,19-20H,11-12H2,1-2H3/t19-,20+. The van der Waals surface area contributed by atoms with Gasteiger partial charge in [-0.25, -0.2) is 9.59 Å². The van der Waals surface area contributed by atoms with E-state index in [0.29, 0.717) is 11.1 Å². The second kappa shape index (κ2) is 8.12. The molecule has 1 fully saturated rings. The van der Waals surface area contributed by atoms with E-state index < -0.39 is 24.5 Å². The minimum atomic E-state index is -1.12. The molecule has 0 unspecified atom stereocenters. The molecular weight excluding hydrogens is 336 g/mol. The lowest BCUT2D eigenvalue weighted by Gasteiger charge is -2.30. The Morgan fingerprint density at radius 3 is 1.42 bits per heavy atom. The topological polar surface area (TPSA) is 71.1 Å². The van der Waals surface area contributed by atoms with Gasteiger partial charge in [0, 0.05) is 0 Å². The van der Waals surface area contributed by atoms with Crippen molar-refractivity contribution in [2.45, 2.75) is 26.4 Å². The minimum Gasteiger partial charge on any atom is -0.425 e. The van der Waals surface area contributed by atoms with Crippen LogP contribution in [0.2, 0.25) is 0 Å². The summed E-state index contributed by atoms with van der Waals surface area (Å²) in [4.78, 5) is 24.5. The van der Waals surface area contributed by atoms with Crippen molar-refractivity contribution in [1.82, 2.24) is 0 Å². The van der Waals surface area contributed by atoms with E-state index in [9.17, 15) is 9.59 Å². The van der Waals surface area contributed by atoms with E-state index in [1.807, 2.05) is 38.1 Å². The Kier molecular flexibility index (Phi) is 5.65. The van der Waals surface area contributed by atoms with Gasteiger partial charge < -0.3 is 18.9 Å². The zero-order valence-electron chi connectivity index (χ0n) is 14.6. The zero-order valence-corrected chi connectivity index (χ0v) is 14.6. The molecule has 0 spiro atoms. The fraction of sp³-hybridized carbons (Fsp3) is 0.300. The summed E-state index contributed by atoms with van der Waals surface area (Å²) in [6, 6.07) is 13.9. The predicted molar refractivity (Wildman–Crippen MR) is 92.7 cm³/mol. The molecule has 0 radical (unpaired) electrons. The molecule has 0 aromatic heterocycles. The van der Waals surface area contributed by atoms with E-state index in [2.05, 4.69) is 0 Å². The lowest BCUT2D eigenvalue weighted by atomic mass is 10.1. The van der Waals surface area contributed by atoms with E-state index >= 15 is 0 Å². The van der Waals surface area contributed by atoms with Crippen LogP contribution in [0.5, 0.6) is 0 Å². The number of aryl methyl sites for hydroxylation is 2. The molecule has 6 heteroatoms. The van der Waals surface area contributed by atoms with Gasteiger partial charge in [0.25, 0.3) is 12.6 Å². The van der Waals surface area contributed by atoms with Crippen molar-refractivity contribution in [2.24, 2.45) is 0 Å². The summed E-state index contributed by atoms with van der Waals surface area (Å²) >= 11 is 0. The van der Waals surface area contributed by atoms with Gasteiger partial charge in [0.1, 0.15) is 0 Å². The summed E-state index contributed by atoms with van der Waals surface area (Å²) in [5.74, 6) is -1.14. The van der Waals surface area contributed by atoms with Crippen LogP contribution in [-0.4, -0.2) is 37.7 Å². The number of carbonyl (C=O) groups excluding carboxylic acids is 2. The van der Waals surface area contributed by atoms with Crippen molar-refractivity contribution < 1.29 is 28.5 Å². The Morgan fingerprint density at radius 2 is 1.08 bits per heavy atom. The molecule has 0 saturated carbocycles. The highest BCUT2D eigenvalue weighted by atomic mass is 16.8. The molecule has 2 atom stereocenters. The second-order valence-corrected chi connectivity index (χ2v) is 6.02. The van der Waals surface area contributed by atoms with Gasteiger partial charge in [0.05, 0.1) is 24.3 Å². The SMILES string of the molecule is Cc1ccc(C(=O)O[C@H]2OCCO[C@H]2OC(=O)c2ccc(C)cc2)cc1. The van der Waals surface area contributed by atoms with Gasteiger partial charge in [-0.1, -0.05) is 35.4 Å². The Bertz CT molecular complexity index is 698. The first-order valence-corrected chi connectivity index (χ1v) is 8.31. The Morgan fingerprint density at radius 1 is 0.731 bits per heavy atom. The maximum atomic E-state index is 12.3. The maximum Gasteiger partial charge on any atom is 0.340 e. The van der Waals surface area contributed by atoms with Crippen molar-refractivity contribution in [3.05, 3.63) is 70.8 Å². The smallest absolute Gasteiger partial charge is 0.340 e. The molecule has 1 aliphatic heterocycles. The van der Waals surface area contributed by atoms with Crippen LogP contribution in [0, 0.1) is 13.8 Å². The number of esters is 2. The van der Waals surface area contributed by atoms with Crippen molar-refractivity contribution in [1.29, 1.82) is 0 Å². The molecule has 0 bridgehead atoms. The van der Waals surface area contributed by atoms with Gasteiger partial charge in [0.15, 0.2) is 0 Å². The van der Waals surface area contributed by atoms with E-state index in [1.165, 1.54) is 0 Å². The molecule has 6 nitrogen and oxygen atoms in total. The molecule has 0 aliphatic carbocycles. The van der Waals surface area contributed by atoms with Gasteiger partial charge in [-0.2, -0.15) is 0 Å². The lowest BCUT2D eigenvalue weighted by Crippen LogP contribution is -2.44. The van der Waals surface area contributed by atoms with E-state index in [0.717, 1.165) is 11.1 Å². The van der Waals surface area contributed by atoms with Crippen LogP contribution in [0.25, 0.3) is 0 Å². The van der Waals surface area contributed by atoms with Gasteiger partial charge in [0.2, 0.25) is 0 Å². The summed E-state index contributed by atoms with van der Waals surface area (Å²) in [6.45, 7) is 4.33. The second-order valence-electron chi connectivity index (χ2n) is 6.02. The van der Waals surface area contributed by atoms with Crippen LogP contribution in [0.15, 0.2) is 48.5 Å². The largest absolute Gasteiger partial charge is 0.425 e. The van der Waals surface area contributed by atoms with Crippen LogP contribution in [0.4, 0.5) is 0 Å². The first-order chi connectivity index (χ1) is 12.5. The molecule has 26 heavy (non-hydrogen) atoms. The van der Waals surface area contributed by atoms with Crippen molar-refractivity contribution >= 4 is 11.9 Å². The fourth-order valence-corrected chi connectivity index (χ4v) is 2.39. The third-order valence-electron chi connectivity index (χ3n) is 3.89. The summed E-state index contributed by atoms with van der Waals surface area (Å²) in [5, 5.41) is 0. The van der Waals surface area contributed by atoms with Gasteiger partial charge in [-0.3, -0.25) is 0 Å². The summed E-state index contributed by atoms with van der Waals surface area (Å²) < 4.78 is 21.5. The predicted octanol–water partition coefficient (Wildman–Crippen LogP) is 3.02. The van der Waals surface area contributed by atoms with Crippen molar-refractivity contribution in [3.8, 4) is 0 Å². The highest BCUT2D eigenvalue weighted by molar-refractivity contribution is 5.90. The minimum absolute atomic E-state index is 0.241. The van der Waals surface area contributed by atoms with Crippen LogP contribution >= 0.6 is 0 Å². The third-order valence-corrected chi connectivity index (χ3v) is 3.89. The maximum absolute atomic E-state index is 12.3. The average molecular weight is 356 g/mol. The summed E-state index contributed by atoms with van der Waals surface area (Å²) in [6.07, 6.45) is -2.24. The van der Waals surface area contributed by atoms with Gasteiger partial charge >= 0.3 is 11.9 Å². The summed E-state index contributed by atoms with van der Waals surface area (Å²) in [5.41, 5.74) is 2.83. The first kappa shape index (κ1) is 18.1. The number of rotatable bonds is 4. The summed E-state index contributed by atoms with van der Waals surface area (Å²) in [7, 11) is 0. The number of ether oxygens (including phenoxy) is 4. The lowest BCUT2D eigenvalue weighted by molar-refractivity contribution is -0.288. The molecule has 3 rings (SSSR count). The van der Waals surface area contributed by atoms with Crippen molar-refractivity contribution in [3.63, 3.8) is 0 Å². The average Bonchev–Trinajstić information content (AvgIpc) is 2.64. The Balaban J connectivity index is 1.65. The van der Waals surface area contributed by atoms with Crippen LogP contribution in [-0.2, 0) is 18.9 Å². The molecular formula is C20H20O6. The molecule has 0 amide bonds. The first-order valence-electron chi connectivity index (χ1n) is 8.31.